The number of hydrogen-bond donors (Lipinski definition) is 0. The first-order chi connectivity index (χ1) is 40.1. The predicted octanol–water partition coefficient (Wildman–Crippen LogP) is 18.0. The van der Waals surface area contributed by atoms with E-state index in [2.05, 4.69) is 15.9 Å². The Balaban J connectivity index is 0.000000249. The van der Waals surface area contributed by atoms with Gasteiger partial charge in [0.25, 0.3) is 11.8 Å². The third-order valence-electron chi connectivity index (χ3n) is 13.9. The van der Waals surface area contributed by atoms with Crippen LogP contribution in [0.15, 0.2) is 132 Å². The van der Waals surface area contributed by atoms with Crippen LogP contribution in [0.1, 0.15) is 100 Å². The van der Waals surface area contributed by atoms with E-state index >= 15 is 8.78 Å². The van der Waals surface area contributed by atoms with Crippen molar-refractivity contribution < 1.29 is 116 Å². The van der Waals surface area contributed by atoms with Gasteiger partial charge in [-0.15, -0.1) is 0 Å². The summed E-state index contributed by atoms with van der Waals surface area (Å²) in [6.45, 7) is 0.141. The van der Waals surface area contributed by atoms with Crippen molar-refractivity contribution in [3.63, 3.8) is 0 Å². The van der Waals surface area contributed by atoms with Gasteiger partial charge in [-0.2, -0.15) is 79.0 Å². The minimum Gasteiger partial charge on any atom is -0.305 e. The van der Waals surface area contributed by atoms with Gasteiger partial charge < -0.3 is 9.80 Å². The number of Topliss-reactive ketones (excluding diaryl/α,β-unsaturated/α-hetero) is 2. The number of nitrogens with zero attached hydrogens (tertiary/aromatic N) is 2. The summed E-state index contributed by atoms with van der Waals surface area (Å²) in [5.41, 5.74) is -25.6. The zero-order valence-corrected chi connectivity index (χ0v) is 45.2. The van der Waals surface area contributed by atoms with Crippen LogP contribution in [0.3, 0.4) is 0 Å². The molecule has 29 heteroatoms. The van der Waals surface area contributed by atoms with Gasteiger partial charge in [0.2, 0.25) is 0 Å². The molecule has 0 spiro atoms. The van der Waals surface area contributed by atoms with E-state index in [1.165, 1.54) is 42.5 Å². The molecule has 0 saturated heterocycles. The second-order valence-corrected chi connectivity index (χ2v) is 20.9. The van der Waals surface area contributed by atoms with Gasteiger partial charge in [-0.1, -0.05) is 76.6 Å². The molecule has 8 rings (SSSR count). The average molecular weight is 1330 g/mol. The highest BCUT2D eigenvalue weighted by Crippen LogP contribution is 2.56. The van der Waals surface area contributed by atoms with Gasteiger partial charge in [0.05, 0.1) is 33.6 Å². The first-order valence-electron chi connectivity index (χ1n) is 25.3. The maximum atomic E-state index is 15.8. The lowest BCUT2D eigenvalue weighted by molar-refractivity contribution is -0.349. The maximum absolute atomic E-state index is 15.8. The number of anilines is 2. The summed E-state index contributed by atoms with van der Waals surface area (Å²) in [5, 5.41) is 0. The third-order valence-corrected chi connectivity index (χ3v) is 14.6. The smallest absolute Gasteiger partial charge is 0.305 e. The molecule has 2 aliphatic carbocycles. The molecular formula is C58H39BrF22N2O4. The summed E-state index contributed by atoms with van der Waals surface area (Å²) in [7, 11) is 0. The van der Waals surface area contributed by atoms with Crippen molar-refractivity contribution in [3.8, 4) is 0 Å². The summed E-state index contributed by atoms with van der Waals surface area (Å²) in [5.74, 6) is -6.39. The van der Waals surface area contributed by atoms with Crippen LogP contribution in [-0.4, -0.2) is 61.2 Å². The first-order valence-corrected chi connectivity index (χ1v) is 26.0. The van der Waals surface area contributed by atoms with Gasteiger partial charge in [0.1, 0.15) is 0 Å². The lowest BCUT2D eigenvalue weighted by Gasteiger charge is -2.31. The SMILES string of the molecule is O=C(Cc1c(Br)cc(C(F)(C(F)(F)F)C(F)(F)F)cc1C(F)(F)F)c1cccc(N(CC2CC2)C(=O)c2ccccc2)c1F.O=C(Cc1ccc(C(F)(C(F)(F)F)C(F)(F)F)cc1C(F)(F)F)c1cccc(N(CC2CC2)C(=O)c2ccccc2)c1F. The molecule has 0 aromatic heterocycles. The molecule has 0 unspecified atom stereocenters. The normalized spacial score (nSPS) is 14.5. The Hall–Kier alpha value is -7.46. The van der Waals surface area contributed by atoms with E-state index < -0.39 is 157 Å². The molecule has 0 radical (unpaired) electrons. The molecule has 6 aromatic carbocycles. The standard InChI is InChI=1S/C29H19BrF11NO2.C29H20F11NO2/c30-21-12-17(26(32,28(36,37)38)29(39,40)41)11-20(27(33,34)35)19(21)13-23(43)18-7-4-8-22(24(18)31)42(14-15-9-10-15)25(44)16-5-2-1-3-6-16;30-24-20(7-4-8-22(24)41(15-16-9-10-16)25(43)17-5-2-1-3-6-17)23(42)13-18-11-12-19(14-21(18)27(32,33)34)26(31,28(35,36)37)29(38,39)40/h1-8,11-12,15H,9-10,13-14H2;1-8,11-12,14,16H,9-10,13,15H2. The van der Waals surface area contributed by atoms with Crippen LogP contribution in [0.4, 0.5) is 108 Å². The molecular weight excluding hydrogens is 1290 g/mol. The molecule has 0 bridgehead atoms. The van der Waals surface area contributed by atoms with E-state index in [4.69, 9.17) is 0 Å². The van der Waals surface area contributed by atoms with E-state index in [-0.39, 0.29) is 65.6 Å². The maximum Gasteiger partial charge on any atom is 0.435 e. The van der Waals surface area contributed by atoms with Gasteiger partial charge in [0.15, 0.2) is 23.2 Å². The summed E-state index contributed by atoms with van der Waals surface area (Å²) in [6, 6.07) is 20.4. The molecule has 0 N–H and O–H groups in total. The number of carbonyl (C=O) groups excluding carboxylic acids is 4. The molecule has 2 aliphatic rings. The highest BCUT2D eigenvalue weighted by atomic mass is 79.9. The molecule has 466 valence electrons. The van der Waals surface area contributed by atoms with E-state index in [1.54, 1.807) is 36.4 Å². The molecule has 0 atom stereocenters. The van der Waals surface area contributed by atoms with Crippen molar-refractivity contribution in [3.05, 3.63) is 199 Å². The fourth-order valence-corrected chi connectivity index (χ4v) is 9.64. The Bertz CT molecular complexity index is 3510. The molecule has 0 aliphatic heterocycles. The minimum atomic E-state index is -6.70. The Morgan fingerprint density at radius 3 is 1.16 bits per heavy atom. The number of benzene rings is 6. The monoisotopic (exact) mass is 1320 g/mol. The van der Waals surface area contributed by atoms with Crippen molar-refractivity contribution >= 4 is 50.7 Å². The van der Waals surface area contributed by atoms with Gasteiger partial charge in [-0.05, 0) is 115 Å². The van der Waals surface area contributed by atoms with E-state index in [0.717, 1.165) is 53.7 Å². The van der Waals surface area contributed by atoms with Crippen LogP contribution in [0, 0.1) is 23.5 Å². The van der Waals surface area contributed by atoms with Crippen molar-refractivity contribution in [2.75, 3.05) is 22.9 Å². The second-order valence-electron chi connectivity index (χ2n) is 20.1. The number of amides is 2. The molecule has 2 saturated carbocycles. The van der Waals surface area contributed by atoms with Crippen LogP contribution in [0.5, 0.6) is 0 Å². The zero-order valence-electron chi connectivity index (χ0n) is 43.7. The topological polar surface area (TPSA) is 74.8 Å². The Morgan fingerprint density at radius 1 is 0.425 bits per heavy atom. The second kappa shape index (κ2) is 24.6. The summed E-state index contributed by atoms with van der Waals surface area (Å²) in [4.78, 5) is 54.8. The number of ketones is 2. The zero-order chi connectivity index (χ0) is 64.8. The Kier molecular flexibility index (Phi) is 19.0. The van der Waals surface area contributed by atoms with Crippen molar-refractivity contribution in [1.82, 2.24) is 0 Å². The molecule has 87 heavy (non-hydrogen) atoms. The molecule has 6 aromatic rings. The number of carbonyl (C=O) groups is 4. The van der Waals surface area contributed by atoms with Crippen LogP contribution in [0.25, 0.3) is 0 Å². The van der Waals surface area contributed by atoms with Crippen molar-refractivity contribution in [1.29, 1.82) is 0 Å². The van der Waals surface area contributed by atoms with E-state index in [9.17, 15) is 107 Å². The van der Waals surface area contributed by atoms with Crippen LogP contribution >= 0.6 is 15.9 Å². The summed E-state index contributed by atoms with van der Waals surface area (Å²) < 4.78 is 301. The van der Waals surface area contributed by atoms with Crippen molar-refractivity contribution in [2.24, 2.45) is 11.8 Å². The number of halogens is 23. The summed E-state index contributed by atoms with van der Waals surface area (Å²) >= 11 is 2.45. The minimum absolute atomic E-state index is 0.0289. The Morgan fingerprint density at radius 2 is 0.793 bits per heavy atom. The van der Waals surface area contributed by atoms with E-state index in [1.807, 2.05) is 0 Å². The number of alkyl halides is 20. The molecule has 2 amide bonds. The number of hydrogen-bond acceptors (Lipinski definition) is 4. The summed E-state index contributed by atoms with van der Waals surface area (Å²) in [6.07, 6.45) is -37.7. The lowest BCUT2D eigenvalue weighted by Crippen LogP contribution is -2.50. The van der Waals surface area contributed by atoms with Crippen LogP contribution in [-0.2, 0) is 36.5 Å². The molecule has 2 fully saturated rings. The number of rotatable bonds is 16. The van der Waals surface area contributed by atoms with Gasteiger partial charge in [0, 0.05) is 52.7 Å². The third kappa shape index (κ3) is 14.3. The van der Waals surface area contributed by atoms with Gasteiger partial charge in [-0.25, -0.2) is 17.6 Å². The molecule has 6 nitrogen and oxygen atoms in total. The van der Waals surface area contributed by atoms with Crippen molar-refractivity contribution in [2.45, 2.75) is 86.9 Å². The Labute approximate surface area is 485 Å². The van der Waals surface area contributed by atoms with Crippen LogP contribution in [0.2, 0.25) is 0 Å². The van der Waals surface area contributed by atoms with Gasteiger partial charge in [-0.3, -0.25) is 19.2 Å². The van der Waals surface area contributed by atoms with Gasteiger partial charge >= 0.3 is 48.4 Å². The predicted molar refractivity (Wildman–Crippen MR) is 271 cm³/mol. The van der Waals surface area contributed by atoms with E-state index in [0.29, 0.717) is 0 Å². The fraction of sp³-hybridized carbons (Fsp3) is 0.310. The quantitative estimate of drug-likeness (QED) is 0.0715. The first kappa shape index (κ1) is 67.1. The highest BCUT2D eigenvalue weighted by Gasteiger charge is 2.75. The average Bonchev–Trinajstić information content (AvgIpc) is 1.70. The highest BCUT2D eigenvalue weighted by molar-refractivity contribution is 9.10. The molecule has 0 heterocycles. The lowest BCUT2D eigenvalue weighted by atomic mass is 9.89. The fourth-order valence-electron chi connectivity index (χ4n) is 9.04. The largest absolute Gasteiger partial charge is 0.435 e. The van der Waals surface area contributed by atoms with Crippen LogP contribution < -0.4 is 9.80 Å².